The van der Waals surface area contributed by atoms with Crippen LogP contribution in [0, 0.1) is 29.1 Å². The maximum atomic E-state index is 13.4. The molecular formula is C11H5F11O. The molecule has 12 heteroatoms. The summed E-state index contributed by atoms with van der Waals surface area (Å²) in [6.07, 6.45) is -5.49. The first-order valence-electron chi connectivity index (χ1n) is 5.43. The van der Waals surface area contributed by atoms with Crippen molar-refractivity contribution >= 4 is 0 Å². The van der Waals surface area contributed by atoms with E-state index >= 15 is 0 Å². The number of halogens is 11. The summed E-state index contributed by atoms with van der Waals surface area (Å²) in [5.74, 6) is -24.5. The molecule has 0 bridgehead atoms. The van der Waals surface area contributed by atoms with Gasteiger partial charge in [0.25, 0.3) is 0 Å². The van der Waals surface area contributed by atoms with E-state index in [9.17, 15) is 48.3 Å². The number of benzene rings is 1. The van der Waals surface area contributed by atoms with Crippen molar-refractivity contribution in [3.63, 3.8) is 0 Å². The molecule has 0 saturated heterocycles. The Morgan fingerprint density at radius 2 is 1.04 bits per heavy atom. The third-order valence-electron chi connectivity index (χ3n) is 2.58. The highest BCUT2D eigenvalue weighted by atomic mass is 19.3. The second kappa shape index (κ2) is 5.80. The topological polar surface area (TPSA) is 9.23 Å². The molecule has 1 rings (SSSR count). The van der Waals surface area contributed by atoms with Gasteiger partial charge in [0.1, 0.15) is 12.2 Å². The van der Waals surface area contributed by atoms with Gasteiger partial charge in [-0.15, -0.1) is 0 Å². The summed E-state index contributed by atoms with van der Waals surface area (Å²) in [5, 5.41) is 0. The molecule has 0 aromatic heterocycles. The minimum Gasteiger partial charge on any atom is -0.310 e. The Bertz CT molecular complexity index is 576. The summed E-state index contributed by atoms with van der Waals surface area (Å²) >= 11 is 0. The average molecular weight is 362 g/mol. The van der Waals surface area contributed by atoms with Crippen LogP contribution in [-0.4, -0.2) is 18.5 Å². The molecule has 0 amide bonds. The van der Waals surface area contributed by atoms with Gasteiger partial charge >= 0.3 is 18.0 Å². The highest BCUT2D eigenvalue weighted by molar-refractivity contribution is 5.26. The lowest BCUT2D eigenvalue weighted by molar-refractivity contribution is -0.306. The maximum Gasteiger partial charge on any atom is 0.389 e. The van der Waals surface area contributed by atoms with Gasteiger partial charge < -0.3 is 4.74 Å². The van der Waals surface area contributed by atoms with Gasteiger partial charge in [0.15, 0.2) is 23.3 Å². The van der Waals surface area contributed by atoms with E-state index < -0.39 is 59.2 Å². The van der Waals surface area contributed by atoms with Crippen molar-refractivity contribution in [2.24, 2.45) is 0 Å². The smallest absolute Gasteiger partial charge is 0.310 e. The molecule has 0 aliphatic heterocycles. The molecule has 0 spiro atoms. The molecule has 0 heterocycles. The number of hydrogen-bond acceptors (Lipinski definition) is 1. The van der Waals surface area contributed by atoms with Gasteiger partial charge in [-0.25, -0.2) is 30.7 Å². The molecule has 0 aliphatic carbocycles. The van der Waals surface area contributed by atoms with Crippen LogP contribution in [0.3, 0.4) is 0 Å². The molecule has 0 N–H and O–H groups in total. The lowest BCUT2D eigenvalue weighted by atomic mass is 10.1. The highest BCUT2D eigenvalue weighted by Gasteiger charge is 2.55. The summed E-state index contributed by atoms with van der Waals surface area (Å²) in [4.78, 5) is 0. The van der Waals surface area contributed by atoms with E-state index in [-0.39, 0.29) is 6.92 Å². The number of hydrogen-bond donors (Lipinski definition) is 0. The molecule has 0 aliphatic rings. The largest absolute Gasteiger partial charge is 0.389 e. The number of ether oxygens (including phenoxy) is 1. The quantitative estimate of drug-likeness (QED) is 0.418. The Balaban J connectivity index is 3.26. The lowest BCUT2D eigenvalue weighted by Crippen LogP contribution is -2.43. The lowest BCUT2D eigenvalue weighted by Gasteiger charge is -2.26. The monoisotopic (exact) mass is 362 g/mol. The van der Waals surface area contributed by atoms with Crippen molar-refractivity contribution in [3.05, 3.63) is 34.6 Å². The first kappa shape index (κ1) is 19.5. The predicted molar refractivity (Wildman–Crippen MR) is 51.6 cm³/mol. The van der Waals surface area contributed by atoms with Gasteiger partial charge in [-0.1, -0.05) is 0 Å². The van der Waals surface area contributed by atoms with Crippen LogP contribution in [0.4, 0.5) is 48.3 Å². The van der Waals surface area contributed by atoms with Gasteiger partial charge in [0, 0.05) is 6.92 Å². The Hall–Kier alpha value is -1.59. The SMILES string of the molecule is CC(F)(F)C(F)(F)COC(F)(F)c1c(F)c(F)c(F)c(F)c1F. The first-order valence-corrected chi connectivity index (χ1v) is 5.43. The molecule has 1 aromatic rings. The molecule has 0 saturated carbocycles. The van der Waals surface area contributed by atoms with Crippen molar-refractivity contribution in [3.8, 4) is 0 Å². The number of alkyl halides is 6. The minimum absolute atomic E-state index is 0.354. The van der Waals surface area contributed by atoms with E-state index in [0.29, 0.717) is 0 Å². The van der Waals surface area contributed by atoms with Crippen molar-refractivity contribution in [2.75, 3.05) is 6.61 Å². The zero-order valence-corrected chi connectivity index (χ0v) is 10.8. The molecule has 0 unspecified atom stereocenters. The predicted octanol–water partition coefficient (Wildman–Crippen LogP) is 4.74. The van der Waals surface area contributed by atoms with Crippen LogP contribution >= 0.6 is 0 Å². The molecular weight excluding hydrogens is 357 g/mol. The Labute approximate surface area is 120 Å². The fourth-order valence-corrected chi connectivity index (χ4v) is 1.24. The molecule has 132 valence electrons. The van der Waals surface area contributed by atoms with Crippen molar-refractivity contribution in [2.45, 2.75) is 24.9 Å². The molecule has 0 radical (unpaired) electrons. The third-order valence-corrected chi connectivity index (χ3v) is 2.58. The summed E-state index contributed by atoms with van der Waals surface area (Å²) in [6.45, 7) is -3.10. The van der Waals surface area contributed by atoms with Crippen LogP contribution in [0.2, 0.25) is 0 Å². The average Bonchev–Trinajstić information content (AvgIpc) is 2.40. The van der Waals surface area contributed by atoms with Gasteiger partial charge in [-0.2, -0.15) is 17.6 Å². The van der Waals surface area contributed by atoms with Crippen LogP contribution in [0.15, 0.2) is 0 Å². The normalized spacial score (nSPS) is 13.6. The number of rotatable bonds is 5. The summed E-state index contributed by atoms with van der Waals surface area (Å²) < 4.78 is 145. The molecule has 0 atom stereocenters. The third kappa shape index (κ3) is 3.51. The van der Waals surface area contributed by atoms with Gasteiger partial charge in [0.2, 0.25) is 5.82 Å². The molecule has 1 nitrogen and oxygen atoms in total. The second-order valence-corrected chi connectivity index (χ2v) is 4.34. The van der Waals surface area contributed by atoms with Crippen LogP contribution in [0.5, 0.6) is 0 Å². The molecule has 1 aromatic carbocycles. The van der Waals surface area contributed by atoms with Crippen molar-refractivity contribution in [1.82, 2.24) is 0 Å². The first-order chi connectivity index (χ1) is 10.1. The maximum absolute atomic E-state index is 13.4. The summed E-state index contributed by atoms with van der Waals surface area (Å²) in [6, 6.07) is 0. The van der Waals surface area contributed by atoms with E-state index in [1.54, 1.807) is 0 Å². The Morgan fingerprint density at radius 1 is 0.696 bits per heavy atom. The fraction of sp³-hybridized carbons (Fsp3) is 0.455. The van der Waals surface area contributed by atoms with Gasteiger partial charge in [-0.05, 0) is 0 Å². The van der Waals surface area contributed by atoms with E-state index in [2.05, 4.69) is 4.74 Å². The molecule has 23 heavy (non-hydrogen) atoms. The minimum atomic E-state index is -5.49. The van der Waals surface area contributed by atoms with E-state index in [1.165, 1.54) is 0 Å². The highest BCUT2D eigenvalue weighted by Crippen LogP contribution is 2.40. The van der Waals surface area contributed by atoms with Crippen molar-refractivity contribution in [1.29, 1.82) is 0 Å². The van der Waals surface area contributed by atoms with Gasteiger partial charge in [0.05, 0.1) is 0 Å². The van der Waals surface area contributed by atoms with E-state index in [4.69, 9.17) is 0 Å². The van der Waals surface area contributed by atoms with Crippen LogP contribution in [-0.2, 0) is 10.8 Å². The zero-order chi connectivity index (χ0) is 18.4. The standard InChI is InChI=1S/C11H5F11O/c1-9(17,18)10(19,20)2-23-11(21,22)3-4(12)6(14)8(16)7(15)5(3)13/h2H2,1H3. The summed E-state index contributed by atoms with van der Waals surface area (Å²) in [5.41, 5.74) is -2.87. The fourth-order valence-electron chi connectivity index (χ4n) is 1.24. The van der Waals surface area contributed by atoms with Gasteiger partial charge in [-0.3, -0.25) is 0 Å². The van der Waals surface area contributed by atoms with Crippen LogP contribution < -0.4 is 0 Å². The Kier molecular flexibility index (Phi) is 4.91. The van der Waals surface area contributed by atoms with Crippen LogP contribution in [0.1, 0.15) is 12.5 Å². The zero-order valence-electron chi connectivity index (χ0n) is 10.8. The second-order valence-electron chi connectivity index (χ2n) is 4.34. The van der Waals surface area contributed by atoms with Crippen LogP contribution in [0.25, 0.3) is 0 Å². The van der Waals surface area contributed by atoms with E-state index in [0.717, 1.165) is 0 Å². The molecule has 0 fully saturated rings. The Morgan fingerprint density at radius 3 is 1.39 bits per heavy atom. The van der Waals surface area contributed by atoms with Crippen molar-refractivity contribution < 1.29 is 53.0 Å². The summed E-state index contributed by atoms with van der Waals surface area (Å²) in [7, 11) is 0. The van der Waals surface area contributed by atoms with E-state index in [1.807, 2.05) is 0 Å².